The monoisotopic (exact) mass is 356 g/mol. The highest BCUT2D eigenvalue weighted by molar-refractivity contribution is 7.10. The fourth-order valence-corrected chi connectivity index (χ4v) is 3.40. The molecule has 0 aliphatic heterocycles. The van der Waals surface area contributed by atoms with Crippen molar-refractivity contribution in [2.45, 2.75) is 19.5 Å². The maximum absolute atomic E-state index is 12.2. The highest BCUT2D eigenvalue weighted by atomic mass is 32.1. The van der Waals surface area contributed by atoms with Crippen molar-refractivity contribution in [3.63, 3.8) is 0 Å². The molecular formula is C18H20N4O2S. The first-order valence-corrected chi connectivity index (χ1v) is 8.90. The molecule has 1 atom stereocenters. The van der Waals surface area contributed by atoms with E-state index in [4.69, 9.17) is 0 Å². The summed E-state index contributed by atoms with van der Waals surface area (Å²) in [6, 6.07) is 11.2. The molecule has 1 amide bonds. The molecule has 2 N–H and O–H groups in total. The van der Waals surface area contributed by atoms with Gasteiger partial charge in [0.2, 0.25) is 5.91 Å². The van der Waals surface area contributed by atoms with E-state index in [0.717, 1.165) is 4.88 Å². The van der Waals surface area contributed by atoms with Crippen molar-refractivity contribution in [2.75, 3.05) is 13.6 Å². The van der Waals surface area contributed by atoms with E-state index in [-0.39, 0.29) is 24.1 Å². The highest BCUT2D eigenvalue weighted by Crippen LogP contribution is 2.17. The Hall–Kier alpha value is -2.51. The number of rotatable bonds is 6. The van der Waals surface area contributed by atoms with E-state index in [2.05, 4.69) is 15.3 Å². The van der Waals surface area contributed by atoms with Gasteiger partial charge in [-0.3, -0.25) is 14.5 Å². The molecule has 0 bridgehead atoms. The number of benzene rings is 1. The van der Waals surface area contributed by atoms with Crippen molar-refractivity contribution in [1.82, 2.24) is 20.2 Å². The maximum atomic E-state index is 12.2. The van der Waals surface area contributed by atoms with Crippen molar-refractivity contribution >= 4 is 28.1 Å². The van der Waals surface area contributed by atoms with E-state index < -0.39 is 0 Å². The minimum atomic E-state index is -0.162. The lowest BCUT2D eigenvalue weighted by Crippen LogP contribution is -2.36. The molecule has 0 radical (unpaired) electrons. The van der Waals surface area contributed by atoms with E-state index in [1.807, 2.05) is 54.6 Å². The molecule has 2 heterocycles. The fraction of sp³-hybridized carbons (Fsp3) is 0.278. The second-order valence-corrected chi connectivity index (χ2v) is 6.99. The fourth-order valence-electron chi connectivity index (χ4n) is 2.66. The molecule has 2 aromatic heterocycles. The first kappa shape index (κ1) is 17.3. The first-order valence-electron chi connectivity index (χ1n) is 8.02. The average molecular weight is 356 g/mol. The summed E-state index contributed by atoms with van der Waals surface area (Å²) in [5.74, 6) is 0.483. The quantitative estimate of drug-likeness (QED) is 0.710. The van der Waals surface area contributed by atoms with Crippen LogP contribution in [0, 0.1) is 0 Å². The minimum absolute atomic E-state index is 0.0144. The molecule has 0 aliphatic rings. The average Bonchev–Trinajstić information content (AvgIpc) is 3.09. The molecular weight excluding hydrogens is 336 g/mol. The number of carbonyl (C=O) groups excluding carboxylic acids is 1. The SMILES string of the molecule is CC(NC(=O)CN(C)Cc1nc2ccccc2c(=O)[nH]1)c1cccs1. The van der Waals surface area contributed by atoms with Gasteiger partial charge in [-0.25, -0.2) is 4.98 Å². The van der Waals surface area contributed by atoms with Gasteiger partial charge in [-0.05, 0) is 37.6 Å². The number of carbonyl (C=O) groups is 1. The Morgan fingerprint density at radius 3 is 2.88 bits per heavy atom. The predicted molar refractivity (Wildman–Crippen MR) is 99.6 cm³/mol. The zero-order chi connectivity index (χ0) is 17.8. The molecule has 7 heteroatoms. The van der Waals surface area contributed by atoms with Crippen molar-refractivity contribution in [3.05, 3.63) is 62.8 Å². The third-order valence-corrected chi connectivity index (χ3v) is 4.90. The molecule has 3 aromatic rings. The number of hydrogen-bond acceptors (Lipinski definition) is 5. The molecule has 0 spiro atoms. The lowest BCUT2D eigenvalue weighted by atomic mass is 10.2. The number of fused-ring (bicyclic) bond motifs is 1. The number of nitrogens with zero attached hydrogens (tertiary/aromatic N) is 2. The number of thiophene rings is 1. The lowest BCUT2D eigenvalue weighted by molar-refractivity contribution is -0.122. The summed E-state index contributed by atoms with van der Waals surface area (Å²) in [4.78, 5) is 34.5. The summed E-state index contributed by atoms with van der Waals surface area (Å²) in [6.07, 6.45) is 0. The van der Waals surface area contributed by atoms with Gasteiger partial charge in [-0.1, -0.05) is 18.2 Å². The number of H-pyrrole nitrogens is 1. The summed E-state index contributed by atoms with van der Waals surface area (Å²) < 4.78 is 0. The van der Waals surface area contributed by atoms with Gasteiger partial charge in [0.1, 0.15) is 5.82 Å². The van der Waals surface area contributed by atoms with E-state index in [1.165, 1.54) is 0 Å². The zero-order valence-electron chi connectivity index (χ0n) is 14.2. The Balaban J connectivity index is 1.61. The van der Waals surface area contributed by atoms with Gasteiger partial charge in [0, 0.05) is 4.88 Å². The molecule has 0 saturated heterocycles. The van der Waals surface area contributed by atoms with Crippen LogP contribution >= 0.6 is 11.3 Å². The summed E-state index contributed by atoms with van der Waals surface area (Å²) in [6.45, 7) is 2.58. The van der Waals surface area contributed by atoms with Crippen LogP contribution in [0.15, 0.2) is 46.6 Å². The molecule has 0 saturated carbocycles. The van der Waals surface area contributed by atoms with Crippen molar-refractivity contribution < 1.29 is 4.79 Å². The standard InChI is InChI=1S/C18H20N4O2S/c1-12(15-8-5-9-25-15)19-17(23)11-22(2)10-16-20-14-7-4-3-6-13(14)18(24)21-16/h3-9,12H,10-11H2,1-2H3,(H,19,23)(H,20,21,24). The number of aromatic amines is 1. The molecule has 3 rings (SSSR count). The third-order valence-electron chi connectivity index (χ3n) is 3.84. The minimum Gasteiger partial charge on any atom is -0.348 e. The van der Waals surface area contributed by atoms with E-state index in [9.17, 15) is 9.59 Å². The highest BCUT2D eigenvalue weighted by Gasteiger charge is 2.13. The van der Waals surface area contributed by atoms with Gasteiger partial charge in [0.05, 0.1) is 30.0 Å². The molecule has 0 aliphatic carbocycles. The van der Waals surface area contributed by atoms with Crippen LogP contribution in [0.1, 0.15) is 23.7 Å². The molecule has 6 nitrogen and oxygen atoms in total. The number of aromatic nitrogens is 2. The molecule has 0 fully saturated rings. The van der Waals surface area contributed by atoms with Crippen LogP contribution in [-0.4, -0.2) is 34.4 Å². The van der Waals surface area contributed by atoms with Crippen LogP contribution in [-0.2, 0) is 11.3 Å². The van der Waals surface area contributed by atoms with Gasteiger partial charge in [0.25, 0.3) is 5.56 Å². The number of likely N-dealkylation sites (N-methyl/N-ethyl adjacent to an activating group) is 1. The van der Waals surface area contributed by atoms with Crippen LogP contribution in [0.2, 0.25) is 0 Å². The molecule has 130 valence electrons. The van der Waals surface area contributed by atoms with Gasteiger partial charge >= 0.3 is 0 Å². The lowest BCUT2D eigenvalue weighted by Gasteiger charge is -2.18. The Labute approximate surface area is 149 Å². The second kappa shape index (κ2) is 7.58. The molecule has 25 heavy (non-hydrogen) atoms. The van der Waals surface area contributed by atoms with Crippen LogP contribution < -0.4 is 10.9 Å². The van der Waals surface area contributed by atoms with Crippen molar-refractivity contribution in [2.24, 2.45) is 0 Å². The Kier molecular flexibility index (Phi) is 5.25. The molecule has 1 unspecified atom stereocenters. The summed E-state index contributed by atoms with van der Waals surface area (Å²) >= 11 is 1.62. The Morgan fingerprint density at radius 1 is 1.32 bits per heavy atom. The summed E-state index contributed by atoms with van der Waals surface area (Å²) in [5, 5.41) is 5.54. The van der Waals surface area contributed by atoms with Crippen LogP contribution in [0.4, 0.5) is 0 Å². The van der Waals surface area contributed by atoms with Crippen LogP contribution in [0.25, 0.3) is 10.9 Å². The van der Waals surface area contributed by atoms with Crippen molar-refractivity contribution in [3.8, 4) is 0 Å². The summed E-state index contributed by atoms with van der Waals surface area (Å²) in [7, 11) is 1.82. The number of hydrogen-bond donors (Lipinski definition) is 2. The summed E-state index contributed by atoms with van der Waals surface area (Å²) in [5.41, 5.74) is 0.496. The predicted octanol–water partition coefficient (Wildman–Crippen LogP) is 2.29. The number of amides is 1. The smallest absolute Gasteiger partial charge is 0.258 e. The number of nitrogens with one attached hydrogen (secondary N) is 2. The zero-order valence-corrected chi connectivity index (χ0v) is 15.0. The van der Waals surface area contributed by atoms with Crippen LogP contribution in [0.3, 0.4) is 0 Å². The maximum Gasteiger partial charge on any atom is 0.258 e. The topological polar surface area (TPSA) is 78.1 Å². The van der Waals surface area contributed by atoms with Crippen molar-refractivity contribution in [1.29, 1.82) is 0 Å². The van der Waals surface area contributed by atoms with Crippen LogP contribution in [0.5, 0.6) is 0 Å². The Morgan fingerprint density at radius 2 is 2.12 bits per heavy atom. The Bertz CT molecular complexity index is 920. The van der Waals surface area contributed by atoms with E-state index in [1.54, 1.807) is 17.4 Å². The first-order chi connectivity index (χ1) is 12.0. The second-order valence-electron chi connectivity index (χ2n) is 6.01. The van der Waals surface area contributed by atoms with E-state index in [0.29, 0.717) is 23.3 Å². The molecule has 1 aromatic carbocycles. The van der Waals surface area contributed by atoms with Gasteiger partial charge in [0.15, 0.2) is 0 Å². The van der Waals surface area contributed by atoms with E-state index >= 15 is 0 Å². The third kappa shape index (κ3) is 4.32. The largest absolute Gasteiger partial charge is 0.348 e. The van der Waals surface area contributed by atoms with Gasteiger partial charge < -0.3 is 10.3 Å². The number of para-hydroxylation sites is 1. The van der Waals surface area contributed by atoms with Gasteiger partial charge in [-0.15, -0.1) is 11.3 Å². The van der Waals surface area contributed by atoms with Gasteiger partial charge in [-0.2, -0.15) is 0 Å². The normalized spacial score (nSPS) is 12.4.